The Morgan fingerprint density at radius 2 is 1.05 bits per heavy atom. The summed E-state index contributed by atoms with van der Waals surface area (Å²) in [6, 6.07) is 0. The molecule has 0 atom stereocenters. The minimum absolute atomic E-state index is 0. The normalized spacial score (nSPS) is 7.86. The lowest BCUT2D eigenvalue weighted by Gasteiger charge is -2.29. The number of quaternary nitrogens is 4. The highest BCUT2D eigenvalue weighted by Gasteiger charge is 2.29. The maximum absolute atomic E-state index is 10.1. The van der Waals surface area contributed by atoms with Crippen LogP contribution in [0.1, 0.15) is 12.8 Å². The summed E-state index contributed by atoms with van der Waals surface area (Å²) in [4.78, 5) is 38.2. The molecule has 0 unspecified atom stereocenters. The molecule has 0 aromatic carbocycles. The molecule has 0 bridgehead atoms. The number of aliphatic carboxylic acids is 3. The molecule has 17 N–H and O–H groups in total. The van der Waals surface area contributed by atoms with E-state index in [0.717, 1.165) is 0 Å². The van der Waals surface area contributed by atoms with Crippen molar-refractivity contribution in [1.82, 2.24) is 24.6 Å². The van der Waals surface area contributed by atoms with Gasteiger partial charge in [0.05, 0.1) is 11.1 Å². The Balaban J connectivity index is -0.0000000629. The molecule has 0 aromatic heterocycles. The minimum atomic E-state index is -2.97. The van der Waals surface area contributed by atoms with Gasteiger partial charge in [0.1, 0.15) is 5.60 Å². The molecule has 0 fully saturated rings. The van der Waals surface area contributed by atoms with Gasteiger partial charge in [-0.25, -0.2) is 0 Å². The second-order valence-corrected chi connectivity index (χ2v) is 2.64. The molecule has 15 heteroatoms. The minimum Gasteiger partial charge on any atom is -0.550 e. The summed E-state index contributed by atoms with van der Waals surface area (Å²) in [5.74, 6) is -5.98. The number of nitrogens with zero attached hydrogens (tertiary/aromatic N) is 1. The number of hydrogen-bond donors (Lipinski definition) is 5. The molecule has 15 nitrogen and oxygen atoms in total. The summed E-state index contributed by atoms with van der Waals surface area (Å²) in [5, 5.41) is 53.7. The molecular weight excluding hydrogens is 302 g/mol. The van der Waals surface area contributed by atoms with Crippen LogP contribution in [0.2, 0.25) is 0 Å². The number of hydrogen-bond acceptors (Lipinski definition) is 10. The molecule has 0 saturated carbocycles. The SMILES string of the molecule is O=C([O-])CC(O)(CC(=O)[O-])C(=O)[O-].O=[N+]([O-])[O-].[NH4+].[NH4+].[NH4+].[NH4+]. The summed E-state index contributed by atoms with van der Waals surface area (Å²) in [6.45, 7) is 0. The van der Waals surface area contributed by atoms with E-state index in [4.69, 9.17) is 20.4 Å². The van der Waals surface area contributed by atoms with E-state index in [1.165, 1.54) is 0 Å². The van der Waals surface area contributed by atoms with Crippen LogP contribution in [0.5, 0.6) is 0 Å². The predicted octanol–water partition coefficient (Wildman–Crippen LogP) is -3.99. The summed E-state index contributed by atoms with van der Waals surface area (Å²) in [6.07, 6.45) is -2.72. The summed E-state index contributed by atoms with van der Waals surface area (Å²) in [5.41, 5.74) is -2.97. The first-order chi connectivity index (χ1) is 7.51. The molecule has 0 rings (SSSR count). The number of rotatable bonds is 5. The highest BCUT2D eigenvalue weighted by atomic mass is 16.9. The molecule has 0 radical (unpaired) electrons. The molecule has 0 amide bonds. The number of carboxylic acid groups (broad SMARTS) is 3. The lowest BCUT2D eigenvalue weighted by Crippen LogP contribution is -2.54. The Labute approximate surface area is 117 Å². The van der Waals surface area contributed by atoms with Crippen LogP contribution in [-0.4, -0.2) is 33.7 Å². The standard InChI is InChI=1S/C6H8O7.NO3.4H3N/c7-3(8)1-6(13,5(11)12)2-4(9)10;2-1(3)4;;;;/h13H,1-2H2,(H,7,8)(H,9,10)(H,11,12);;4*1H3/q;-1;;;;/p+1. The van der Waals surface area contributed by atoms with E-state index in [1.54, 1.807) is 0 Å². The zero-order valence-electron chi connectivity index (χ0n) is 12.0. The third-order valence-electron chi connectivity index (χ3n) is 1.25. The van der Waals surface area contributed by atoms with Crippen molar-refractivity contribution in [3.63, 3.8) is 0 Å². The number of carbonyl (C=O) groups excluding carboxylic acids is 3. The highest BCUT2D eigenvalue weighted by molar-refractivity contribution is 5.86. The Morgan fingerprint density at radius 1 is 0.857 bits per heavy atom. The topological polar surface area (TPSA) is 353 Å². The average molecular weight is 323 g/mol. The van der Waals surface area contributed by atoms with Crippen molar-refractivity contribution in [3.8, 4) is 0 Å². The van der Waals surface area contributed by atoms with Crippen LogP contribution in [0.25, 0.3) is 0 Å². The van der Waals surface area contributed by atoms with Gasteiger partial charge in [0.15, 0.2) is 0 Å². The third kappa shape index (κ3) is 23.0. The van der Waals surface area contributed by atoms with Crippen LogP contribution in [0.4, 0.5) is 0 Å². The molecule has 0 heterocycles. The van der Waals surface area contributed by atoms with E-state index < -0.39 is 41.4 Å². The van der Waals surface area contributed by atoms with Gasteiger partial charge in [-0.1, -0.05) is 0 Å². The summed E-state index contributed by atoms with van der Waals surface area (Å²) >= 11 is 0. The lowest BCUT2D eigenvalue weighted by molar-refractivity contribution is -0.402. The van der Waals surface area contributed by atoms with Crippen molar-refractivity contribution < 1.29 is 39.9 Å². The fourth-order valence-corrected chi connectivity index (χ4v) is 0.684. The van der Waals surface area contributed by atoms with Crippen LogP contribution < -0.4 is 39.9 Å². The Bertz CT molecular complexity index is 314. The second kappa shape index (κ2) is 15.5. The molecule has 0 spiro atoms. The van der Waals surface area contributed by atoms with E-state index in [1.807, 2.05) is 0 Å². The molecular formula is C6H21N5O10. The zero-order valence-corrected chi connectivity index (χ0v) is 12.0. The number of aliphatic hydroxyl groups is 1. The molecule has 0 aromatic rings. The van der Waals surface area contributed by atoms with E-state index in [0.29, 0.717) is 0 Å². The Kier molecular flexibility index (Phi) is 26.7. The van der Waals surface area contributed by atoms with Crippen molar-refractivity contribution in [2.75, 3.05) is 0 Å². The van der Waals surface area contributed by atoms with Gasteiger partial charge in [0, 0.05) is 24.8 Å². The van der Waals surface area contributed by atoms with Crippen molar-refractivity contribution in [1.29, 1.82) is 0 Å². The fraction of sp³-hybridized carbons (Fsp3) is 0.500. The fourth-order valence-electron chi connectivity index (χ4n) is 0.684. The quantitative estimate of drug-likeness (QED) is 0.241. The molecule has 0 aliphatic heterocycles. The average Bonchev–Trinajstić information content (AvgIpc) is 1.98. The molecule has 0 saturated heterocycles. The third-order valence-corrected chi connectivity index (χ3v) is 1.25. The monoisotopic (exact) mass is 323 g/mol. The van der Waals surface area contributed by atoms with E-state index in [9.17, 15) is 29.7 Å². The van der Waals surface area contributed by atoms with Crippen molar-refractivity contribution in [3.05, 3.63) is 15.3 Å². The van der Waals surface area contributed by atoms with Crippen LogP contribution in [0, 0.1) is 15.3 Å². The van der Waals surface area contributed by atoms with Gasteiger partial charge in [0.25, 0.3) is 0 Å². The summed E-state index contributed by atoms with van der Waals surface area (Å²) in [7, 11) is 0. The van der Waals surface area contributed by atoms with Crippen molar-refractivity contribution in [2.45, 2.75) is 18.4 Å². The maximum Gasteiger partial charge on any atom is 0.114 e. The first kappa shape index (κ1) is 36.2. The van der Waals surface area contributed by atoms with Gasteiger partial charge in [-0.3, -0.25) is 0 Å². The van der Waals surface area contributed by atoms with Crippen molar-refractivity contribution >= 4 is 17.9 Å². The molecule has 130 valence electrons. The molecule has 0 aliphatic rings. The largest absolute Gasteiger partial charge is 0.550 e. The predicted molar refractivity (Wildman–Crippen MR) is 63.5 cm³/mol. The first-order valence-corrected chi connectivity index (χ1v) is 3.66. The van der Waals surface area contributed by atoms with Gasteiger partial charge in [-0.2, -0.15) is 0 Å². The number of carboxylic acids is 3. The smallest absolute Gasteiger partial charge is 0.114 e. The highest BCUT2D eigenvalue weighted by Crippen LogP contribution is 2.13. The van der Waals surface area contributed by atoms with Crippen molar-refractivity contribution in [2.24, 2.45) is 0 Å². The van der Waals surface area contributed by atoms with Crippen LogP contribution >= 0.6 is 0 Å². The van der Waals surface area contributed by atoms with Gasteiger partial charge >= 0.3 is 0 Å². The Hall–Kier alpha value is -2.59. The van der Waals surface area contributed by atoms with E-state index >= 15 is 0 Å². The second-order valence-electron chi connectivity index (χ2n) is 2.64. The maximum atomic E-state index is 10.1. The van der Waals surface area contributed by atoms with E-state index in [2.05, 4.69) is 0 Å². The molecule has 21 heavy (non-hydrogen) atoms. The van der Waals surface area contributed by atoms with Gasteiger partial charge in [0.2, 0.25) is 0 Å². The van der Waals surface area contributed by atoms with Gasteiger partial charge in [-0.05, 0) is 0 Å². The van der Waals surface area contributed by atoms with E-state index in [-0.39, 0.29) is 24.6 Å². The Morgan fingerprint density at radius 3 is 1.14 bits per heavy atom. The summed E-state index contributed by atoms with van der Waals surface area (Å²) < 4.78 is 0. The number of carbonyl (C=O) groups is 3. The zero-order chi connectivity index (χ0) is 14.2. The van der Waals surface area contributed by atoms with Crippen LogP contribution in [0.3, 0.4) is 0 Å². The van der Waals surface area contributed by atoms with Crippen LogP contribution in [0.15, 0.2) is 0 Å². The van der Waals surface area contributed by atoms with Gasteiger partial charge < -0.3 is 74.7 Å². The van der Waals surface area contributed by atoms with Crippen LogP contribution in [-0.2, 0) is 14.4 Å². The lowest BCUT2D eigenvalue weighted by atomic mass is 9.96. The molecule has 0 aliphatic carbocycles. The first-order valence-electron chi connectivity index (χ1n) is 3.66. The van der Waals surface area contributed by atoms with Gasteiger partial charge in [-0.15, -0.1) is 0 Å².